The molecule has 1 aromatic heterocycles. The zero-order chi connectivity index (χ0) is 40.2. The Morgan fingerprint density at radius 2 is 1.97 bits per heavy atom. The van der Waals surface area contributed by atoms with Gasteiger partial charge in [-0.1, -0.05) is 31.2 Å². The Bertz CT molecular complexity index is 2440. The van der Waals surface area contributed by atoms with Gasteiger partial charge in [-0.3, -0.25) is 24.7 Å². The van der Waals surface area contributed by atoms with Crippen LogP contribution in [0.1, 0.15) is 81.7 Å². The average molecular weight is 806 g/mol. The molecule has 0 radical (unpaired) electrons. The van der Waals surface area contributed by atoms with Crippen molar-refractivity contribution in [2.24, 2.45) is 0 Å². The predicted octanol–water partition coefficient (Wildman–Crippen LogP) is 5.58. The number of benzene rings is 3. The van der Waals surface area contributed by atoms with Crippen molar-refractivity contribution in [3.8, 4) is 34.8 Å². The number of nitrogens with zero attached hydrogens (tertiary/aromatic N) is 3. The van der Waals surface area contributed by atoms with Crippen LogP contribution >= 0.6 is 11.8 Å². The number of ketones is 1. The third-order valence-electron chi connectivity index (χ3n) is 13.5. The Hall–Kier alpha value is -4.78. The van der Waals surface area contributed by atoms with E-state index in [-0.39, 0.29) is 55.7 Å². The first kappa shape index (κ1) is 37.5. The number of carbonyl (C=O) groups is 2. The highest BCUT2D eigenvalue weighted by Gasteiger charge is 2.61. The second-order valence-corrected chi connectivity index (χ2v) is 17.5. The first-order valence-corrected chi connectivity index (χ1v) is 21.2. The molecule has 7 aliphatic heterocycles. The Balaban J connectivity index is 1.26. The largest absolute Gasteiger partial charge is 0.504 e. The first-order valence-electron chi connectivity index (χ1n) is 20.2. The number of aryl methyl sites for hydroxylation is 1. The minimum Gasteiger partial charge on any atom is -0.504 e. The Morgan fingerprint density at radius 1 is 1.16 bits per heavy atom. The summed E-state index contributed by atoms with van der Waals surface area (Å²) in [6.45, 7) is 6.19. The highest BCUT2D eigenvalue weighted by atomic mass is 32.2. The van der Waals surface area contributed by atoms with Crippen molar-refractivity contribution in [3.63, 3.8) is 0 Å². The van der Waals surface area contributed by atoms with Crippen LogP contribution in [0.5, 0.6) is 28.7 Å². The van der Waals surface area contributed by atoms with E-state index >= 15 is 0 Å². The summed E-state index contributed by atoms with van der Waals surface area (Å²) in [4.78, 5) is 36.7. The van der Waals surface area contributed by atoms with Gasteiger partial charge in [0.15, 0.2) is 28.8 Å². The Morgan fingerprint density at radius 3 is 2.76 bits per heavy atom. The number of thioether (sulfide) groups is 1. The molecule has 11 rings (SSSR count). The number of hydrogen-bond acceptors (Lipinski definition) is 13. The summed E-state index contributed by atoms with van der Waals surface area (Å²) in [7, 11) is 3.60. The Kier molecular flexibility index (Phi) is 8.99. The van der Waals surface area contributed by atoms with Gasteiger partial charge in [0, 0.05) is 69.7 Å². The van der Waals surface area contributed by atoms with Gasteiger partial charge in [0.1, 0.15) is 23.9 Å². The molecule has 7 atom stereocenters. The molecule has 8 heterocycles. The number of rotatable bonds is 4. The lowest BCUT2D eigenvalue weighted by Crippen LogP contribution is -2.69. The average Bonchev–Trinajstić information content (AvgIpc) is 3.85. The maximum atomic E-state index is 14.9. The molecule has 3 aromatic carbocycles. The van der Waals surface area contributed by atoms with Crippen LogP contribution < -0.4 is 24.3 Å². The van der Waals surface area contributed by atoms with Crippen LogP contribution in [-0.4, -0.2) is 96.2 Å². The number of phenols is 1. The van der Waals surface area contributed by atoms with Crippen molar-refractivity contribution in [1.82, 2.24) is 20.1 Å². The van der Waals surface area contributed by atoms with Crippen molar-refractivity contribution < 1.29 is 38.4 Å². The number of aromatic hydroxyl groups is 1. The smallest absolute Gasteiger partial charge is 0.311 e. The molecule has 0 amide bonds. The number of ether oxygens (including phenoxy) is 5. The summed E-state index contributed by atoms with van der Waals surface area (Å²) in [5, 5.41) is 27.7. The van der Waals surface area contributed by atoms with Gasteiger partial charge in [-0.25, -0.2) is 0 Å². The van der Waals surface area contributed by atoms with E-state index in [1.165, 1.54) is 0 Å². The van der Waals surface area contributed by atoms with E-state index in [1.54, 1.807) is 18.9 Å². The number of Topliss-reactive ketones (excluding diaryl/α,β-unsaturated/α-hetero) is 1. The van der Waals surface area contributed by atoms with Gasteiger partial charge in [-0.15, -0.1) is 11.8 Å². The van der Waals surface area contributed by atoms with E-state index in [2.05, 4.69) is 38.3 Å². The molecule has 4 aromatic rings. The first-order chi connectivity index (χ1) is 28.1. The van der Waals surface area contributed by atoms with Crippen LogP contribution in [0.15, 0.2) is 30.3 Å². The summed E-state index contributed by atoms with van der Waals surface area (Å²) in [5.41, 5.74) is 6.43. The summed E-state index contributed by atoms with van der Waals surface area (Å²) < 4.78 is 31.3. The normalized spacial score (nSPS) is 28.6. The zero-order valence-electron chi connectivity index (χ0n) is 33.3. The van der Waals surface area contributed by atoms with Crippen molar-refractivity contribution in [2.75, 3.05) is 46.5 Å². The third kappa shape index (κ3) is 5.16. The number of piperazine rings is 1. The van der Waals surface area contributed by atoms with Crippen LogP contribution in [0.3, 0.4) is 0 Å². The van der Waals surface area contributed by atoms with E-state index in [4.69, 9.17) is 23.7 Å². The van der Waals surface area contributed by atoms with Gasteiger partial charge in [-0.2, -0.15) is 5.26 Å². The zero-order valence-corrected chi connectivity index (χ0v) is 34.1. The molecule has 2 saturated heterocycles. The molecule has 7 aliphatic rings. The van der Waals surface area contributed by atoms with Crippen LogP contribution in [0.25, 0.3) is 10.9 Å². The van der Waals surface area contributed by atoms with Gasteiger partial charge >= 0.3 is 5.97 Å². The highest BCUT2D eigenvalue weighted by Crippen LogP contribution is 2.64. The molecule has 13 nitrogen and oxygen atoms in total. The van der Waals surface area contributed by atoms with E-state index in [0.29, 0.717) is 47.9 Å². The summed E-state index contributed by atoms with van der Waals surface area (Å²) in [6.07, 6.45) is 2.10. The topological polar surface area (TPSA) is 159 Å². The SMILES string of the molecule is CCCC(=O)Oc1c(C)c2c(c3c1[C@H]1SC[C@]4(NCCc5c4[nH]c4ccccc54)C(=O)COC[C@H]3N3C1[C@@H]1c4c(cc(C)c(OC)c4O)C[C@@H]([C@@H]3C#N)N1C)OCO2. The van der Waals surface area contributed by atoms with E-state index < -0.39 is 35.0 Å². The monoisotopic (exact) mass is 805 g/mol. The molecule has 2 fully saturated rings. The lowest BCUT2D eigenvalue weighted by atomic mass is 9.71. The molecule has 0 saturated carbocycles. The lowest BCUT2D eigenvalue weighted by molar-refractivity contribution is -0.135. The number of fused-ring (bicyclic) bond motifs is 12. The molecular weight excluding hydrogens is 759 g/mol. The number of aromatic amines is 1. The van der Waals surface area contributed by atoms with Crippen molar-refractivity contribution in [1.29, 1.82) is 5.26 Å². The second kappa shape index (κ2) is 13.9. The molecule has 3 N–H and O–H groups in total. The quantitative estimate of drug-likeness (QED) is 0.174. The van der Waals surface area contributed by atoms with Crippen LogP contribution in [0, 0.1) is 25.2 Å². The minimum absolute atomic E-state index is 0.0193. The second-order valence-electron chi connectivity index (χ2n) is 16.4. The number of esters is 1. The van der Waals surface area contributed by atoms with E-state index in [0.717, 1.165) is 56.4 Å². The molecule has 1 spiro atoms. The van der Waals surface area contributed by atoms with Gasteiger partial charge < -0.3 is 33.8 Å². The van der Waals surface area contributed by atoms with Crippen LogP contribution in [0.4, 0.5) is 0 Å². The molecule has 1 unspecified atom stereocenters. The summed E-state index contributed by atoms with van der Waals surface area (Å²) >= 11 is 1.60. The number of phenolic OH excluding ortho intramolecular Hbond substituents is 1. The molecule has 14 heteroatoms. The van der Waals surface area contributed by atoms with Crippen molar-refractivity contribution in [2.45, 2.75) is 87.5 Å². The standard InChI is InChI=1S/C44H47N5O8S/c1-6-9-31(51)57-39-22(3)40-41(56-20-55-40)33-29-17-54-18-30(50)44(43-25(12-13-46-44)24-10-7-8-11-26(24)47-43)19-58-42(34(33)39)36-35-32-23(14-21(2)38(53-5)37(32)52)15-27(48(35)4)28(16-45)49(29)36/h7-8,10-11,14,27-29,35-36,42,46-47,52H,6,9,12-13,15,17-20H2,1-5H3/t27-,28-,29+,35-,36?,42+,44-/m0/s1. The summed E-state index contributed by atoms with van der Waals surface area (Å²) in [6, 6.07) is 10.5. The van der Waals surface area contributed by atoms with Gasteiger partial charge in [-0.05, 0) is 62.9 Å². The summed E-state index contributed by atoms with van der Waals surface area (Å²) in [5.74, 6) is 1.76. The van der Waals surface area contributed by atoms with E-state index in [9.17, 15) is 20.0 Å². The Labute approximate surface area is 340 Å². The number of nitriles is 1. The molecular formula is C44H47N5O8S. The van der Waals surface area contributed by atoms with Crippen LogP contribution in [0.2, 0.25) is 0 Å². The van der Waals surface area contributed by atoms with Crippen molar-refractivity contribution >= 4 is 34.4 Å². The number of likely N-dealkylation sites (N-methyl/N-ethyl adjacent to an activating group) is 1. The lowest BCUT2D eigenvalue weighted by Gasteiger charge is -2.61. The maximum absolute atomic E-state index is 14.9. The molecule has 58 heavy (non-hydrogen) atoms. The number of hydrogen-bond donors (Lipinski definition) is 3. The van der Waals surface area contributed by atoms with Gasteiger partial charge in [0.2, 0.25) is 6.79 Å². The fourth-order valence-corrected chi connectivity index (χ4v) is 12.7. The fraction of sp³-hybridized carbons (Fsp3) is 0.477. The number of H-pyrrole nitrogens is 1. The maximum Gasteiger partial charge on any atom is 0.311 e. The number of para-hydroxylation sites is 1. The van der Waals surface area contributed by atoms with Gasteiger partial charge in [0.25, 0.3) is 0 Å². The number of methoxy groups -OCH3 is 1. The van der Waals surface area contributed by atoms with Crippen LogP contribution in [-0.2, 0) is 32.7 Å². The van der Waals surface area contributed by atoms with E-state index in [1.807, 2.05) is 46.0 Å². The number of carbonyl (C=O) groups excluding carboxylic acids is 2. The predicted molar refractivity (Wildman–Crippen MR) is 216 cm³/mol. The third-order valence-corrected chi connectivity index (χ3v) is 15.0. The van der Waals surface area contributed by atoms with Gasteiger partial charge in [0.05, 0.1) is 37.1 Å². The highest BCUT2D eigenvalue weighted by molar-refractivity contribution is 7.99. The minimum atomic E-state index is -1.15. The fourth-order valence-electron chi connectivity index (χ4n) is 11.0. The van der Waals surface area contributed by atoms with Crippen molar-refractivity contribution in [3.05, 3.63) is 75.0 Å². The molecule has 0 aliphatic carbocycles. The molecule has 302 valence electrons. The number of aromatic nitrogens is 1. The number of nitrogens with one attached hydrogen (secondary N) is 2. The molecule has 4 bridgehead atoms.